The van der Waals surface area contributed by atoms with Gasteiger partial charge in [0.15, 0.2) is 0 Å². The van der Waals surface area contributed by atoms with Gasteiger partial charge in [-0.1, -0.05) is 68.7 Å². The summed E-state index contributed by atoms with van der Waals surface area (Å²) in [6, 6.07) is 0. The molecule has 0 amide bonds. The van der Waals surface area contributed by atoms with Crippen molar-refractivity contribution in [1.29, 1.82) is 0 Å². The number of carbonyl (C=O) groups excluding carboxylic acids is 2. The molecule has 5 aliphatic carbocycles. The summed E-state index contributed by atoms with van der Waals surface area (Å²) < 4.78 is 11.4. The minimum Gasteiger partial charge on any atom is -0.467 e. The van der Waals surface area contributed by atoms with E-state index in [-0.39, 0.29) is 35.9 Å². The van der Waals surface area contributed by atoms with Gasteiger partial charge in [-0.25, -0.2) is 0 Å². The van der Waals surface area contributed by atoms with Gasteiger partial charge < -0.3 is 19.7 Å². The molecule has 10 atom stereocenters. The highest BCUT2D eigenvalue weighted by molar-refractivity contribution is 5.70. The first-order valence-corrected chi connectivity index (χ1v) is 20.8. The summed E-state index contributed by atoms with van der Waals surface area (Å²) in [7, 11) is 0. The van der Waals surface area contributed by atoms with Gasteiger partial charge in [-0.2, -0.15) is 0 Å². The summed E-state index contributed by atoms with van der Waals surface area (Å²) in [4.78, 5) is 26.8. The highest BCUT2D eigenvalue weighted by Gasteiger charge is 2.71. The maximum absolute atomic E-state index is 13.3. The van der Waals surface area contributed by atoms with Gasteiger partial charge in [0.2, 0.25) is 0 Å². The summed E-state index contributed by atoms with van der Waals surface area (Å²) in [5.74, 6) is 4.29. The molecule has 6 nitrogen and oxygen atoms in total. The lowest BCUT2D eigenvalue weighted by Crippen LogP contribution is -2.69. The highest BCUT2D eigenvalue weighted by Crippen LogP contribution is 2.76. The lowest BCUT2D eigenvalue weighted by atomic mass is 9.32. The Balaban J connectivity index is 1.19. The van der Waals surface area contributed by atoms with Gasteiger partial charge in [0.25, 0.3) is 6.47 Å². The van der Waals surface area contributed by atoms with E-state index < -0.39 is 5.41 Å². The molecule has 1 aliphatic heterocycles. The number of fused-ring (bicyclic) bond motifs is 7. The van der Waals surface area contributed by atoms with Gasteiger partial charge in [-0.3, -0.25) is 9.59 Å². The first-order valence-electron chi connectivity index (χ1n) is 20.8. The average Bonchev–Trinajstić information content (AvgIpc) is 3.42. The topological polar surface area (TPSA) is 67.9 Å². The van der Waals surface area contributed by atoms with Gasteiger partial charge in [0.05, 0.1) is 13.0 Å². The van der Waals surface area contributed by atoms with Crippen LogP contribution in [0.2, 0.25) is 0 Å². The molecule has 0 spiro atoms. The number of esters is 1. The van der Waals surface area contributed by atoms with Crippen molar-refractivity contribution in [1.82, 2.24) is 10.2 Å². The molecule has 0 radical (unpaired) electrons. The van der Waals surface area contributed by atoms with Crippen molar-refractivity contribution in [2.75, 3.05) is 32.8 Å². The second-order valence-electron chi connectivity index (χ2n) is 20.7. The number of nitrogens with zero attached hydrogens (tertiary/aromatic N) is 1. The number of nitrogens with one attached hydrogen (secondary N) is 1. The highest BCUT2D eigenvalue weighted by atomic mass is 16.5. The standard InChI is InChI=1S/C43H74N2O4/c1-30(2)31-15-20-43(44-23-26-45-24-11-10-12-25-45)22-21-41(8)32(37(31)43)13-14-34-40(7)18-17-35(39(5,6)33(40)16-19-42(34,41)9)49-36(47)27-38(3,4)28-48-29-46/h29-35,37,44H,10-28H2,1-9H3/t31-,32+,33-,34+,35-,37+,40-,41+,42+,43-/m0/s1. The Morgan fingerprint density at radius 2 is 1.61 bits per heavy atom. The molecule has 0 aromatic heterocycles. The van der Waals surface area contributed by atoms with Crippen LogP contribution in [0.25, 0.3) is 0 Å². The van der Waals surface area contributed by atoms with Crippen LogP contribution in [0.3, 0.4) is 0 Å². The summed E-state index contributed by atoms with van der Waals surface area (Å²) in [5, 5.41) is 4.37. The van der Waals surface area contributed by atoms with Gasteiger partial charge in [-0.05, 0) is 142 Å². The van der Waals surface area contributed by atoms with Crippen molar-refractivity contribution in [2.45, 2.75) is 164 Å². The fourth-order valence-electron chi connectivity index (χ4n) is 14.4. The number of hydrogen-bond acceptors (Lipinski definition) is 6. The van der Waals surface area contributed by atoms with Gasteiger partial charge >= 0.3 is 5.97 Å². The lowest BCUT2D eigenvalue weighted by molar-refractivity contribution is -0.247. The monoisotopic (exact) mass is 683 g/mol. The predicted octanol–water partition coefficient (Wildman–Crippen LogP) is 9.05. The van der Waals surface area contributed by atoms with Crippen LogP contribution in [0.15, 0.2) is 0 Å². The van der Waals surface area contributed by atoms with E-state index in [4.69, 9.17) is 9.47 Å². The van der Waals surface area contributed by atoms with E-state index in [0.717, 1.165) is 43.1 Å². The smallest absolute Gasteiger partial charge is 0.306 e. The third kappa shape index (κ3) is 6.46. The van der Waals surface area contributed by atoms with Crippen molar-refractivity contribution < 1.29 is 19.1 Å². The average molecular weight is 683 g/mol. The van der Waals surface area contributed by atoms with Crippen LogP contribution in [0.4, 0.5) is 0 Å². The molecular weight excluding hydrogens is 608 g/mol. The number of rotatable bonds is 11. The van der Waals surface area contributed by atoms with Gasteiger partial charge in [0.1, 0.15) is 6.10 Å². The molecule has 0 unspecified atom stereocenters. The van der Waals surface area contributed by atoms with E-state index in [1.807, 2.05) is 13.8 Å². The number of ether oxygens (including phenoxy) is 2. The minimum absolute atomic E-state index is 0.0613. The van der Waals surface area contributed by atoms with Crippen LogP contribution in [0.1, 0.15) is 152 Å². The molecule has 49 heavy (non-hydrogen) atoms. The van der Waals surface area contributed by atoms with Crippen LogP contribution in [0, 0.1) is 62.6 Å². The predicted molar refractivity (Wildman–Crippen MR) is 198 cm³/mol. The second-order valence-corrected chi connectivity index (χ2v) is 20.7. The molecule has 0 aromatic rings. The third-order valence-corrected chi connectivity index (χ3v) is 17.1. The molecule has 280 valence electrons. The molecule has 1 saturated heterocycles. The maximum Gasteiger partial charge on any atom is 0.306 e. The van der Waals surface area contributed by atoms with E-state index in [1.54, 1.807) is 0 Å². The van der Waals surface area contributed by atoms with Gasteiger partial charge in [0, 0.05) is 29.5 Å². The van der Waals surface area contributed by atoms with Gasteiger partial charge in [-0.15, -0.1) is 0 Å². The van der Waals surface area contributed by atoms with Crippen molar-refractivity contribution >= 4 is 12.4 Å². The van der Waals surface area contributed by atoms with Crippen molar-refractivity contribution in [3.8, 4) is 0 Å². The van der Waals surface area contributed by atoms with Crippen LogP contribution in [0.5, 0.6) is 0 Å². The number of carbonyl (C=O) groups is 2. The van der Waals surface area contributed by atoms with E-state index in [1.165, 1.54) is 90.3 Å². The Bertz CT molecular complexity index is 1190. The first-order chi connectivity index (χ1) is 23.0. The van der Waals surface area contributed by atoms with Crippen LogP contribution in [-0.4, -0.2) is 61.8 Å². The number of likely N-dealkylation sites (tertiary alicyclic amines) is 1. The largest absolute Gasteiger partial charge is 0.467 e. The number of piperidine rings is 1. The van der Waals surface area contributed by atoms with Crippen molar-refractivity contribution in [3.05, 3.63) is 0 Å². The fourth-order valence-corrected chi connectivity index (χ4v) is 14.4. The molecule has 1 N–H and O–H groups in total. The van der Waals surface area contributed by atoms with Crippen molar-refractivity contribution in [2.24, 2.45) is 62.6 Å². The molecular formula is C43H74N2O4. The second kappa shape index (κ2) is 13.7. The Morgan fingerprint density at radius 3 is 2.31 bits per heavy atom. The zero-order chi connectivity index (χ0) is 35.5. The van der Waals surface area contributed by atoms with E-state index in [2.05, 4.69) is 58.7 Å². The van der Waals surface area contributed by atoms with E-state index in [0.29, 0.717) is 34.7 Å². The Kier molecular flexibility index (Phi) is 10.5. The van der Waals surface area contributed by atoms with Crippen LogP contribution in [-0.2, 0) is 19.1 Å². The molecule has 5 saturated carbocycles. The Hall–Kier alpha value is -1.14. The fraction of sp³-hybridized carbons (Fsp3) is 0.953. The summed E-state index contributed by atoms with van der Waals surface area (Å²) in [5.41, 5.74) is 0.801. The molecule has 1 heterocycles. The Labute approximate surface area is 300 Å². The third-order valence-electron chi connectivity index (χ3n) is 17.1. The molecule has 6 fully saturated rings. The van der Waals surface area contributed by atoms with E-state index in [9.17, 15) is 9.59 Å². The summed E-state index contributed by atoms with van der Waals surface area (Å²) >= 11 is 0. The maximum atomic E-state index is 13.3. The van der Waals surface area contributed by atoms with Crippen LogP contribution < -0.4 is 5.32 Å². The normalized spacial score (nSPS) is 43.6. The van der Waals surface area contributed by atoms with Crippen molar-refractivity contribution in [3.63, 3.8) is 0 Å². The molecule has 0 bridgehead atoms. The molecule has 6 heteroatoms. The Morgan fingerprint density at radius 1 is 0.878 bits per heavy atom. The molecule has 0 aromatic carbocycles. The molecule has 6 rings (SSSR count). The first kappa shape index (κ1) is 37.6. The molecule has 6 aliphatic rings. The SMILES string of the molecule is CC(C)[C@@H]1CC[C@]2(NCCN3CCCCC3)CC[C@]3(C)[C@H](CC[C@@H]4[C@@]5(C)CC[C@H](OC(=O)CC(C)(C)COC=O)C(C)(C)[C@@H]5CC[C@]43C)[C@@H]12. The lowest BCUT2D eigenvalue weighted by Gasteiger charge is -2.73. The quantitative estimate of drug-likeness (QED) is 0.173. The zero-order valence-corrected chi connectivity index (χ0v) is 33.1. The summed E-state index contributed by atoms with van der Waals surface area (Å²) in [6.45, 7) is 27.6. The summed E-state index contributed by atoms with van der Waals surface area (Å²) in [6.07, 6.45) is 17.3. The zero-order valence-electron chi connectivity index (χ0n) is 33.1. The minimum atomic E-state index is -0.430. The van der Waals surface area contributed by atoms with Crippen LogP contribution >= 0.6 is 0 Å². The van der Waals surface area contributed by atoms with E-state index >= 15 is 0 Å². The number of hydrogen-bond donors (Lipinski definition) is 1.